The maximum absolute atomic E-state index is 13.2. The second-order valence-corrected chi connectivity index (χ2v) is 4.23. The summed E-state index contributed by atoms with van der Waals surface area (Å²) in [7, 11) is -1.93. The van der Waals surface area contributed by atoms with Gasteiger partial charge in [0.2, 0.25) is 5.50 Å². The van der Waals surface area contributed by atoms with Crippen molar-refractivity contribution >= 4 is 10.8 Å². The molecule has 14 heavy (non-hydrogen) atoms. The van der Waals surface area contributed by atoms with Crippen LogP contribution >= 0.6 is 0 Å². The van der Waals surface area contributed by atoms with E-state index < -0.39 is 29.0 Å². The van der Waals surface area contributed by atoms with Crippen LogP contribution in [-0.2, 0) is 10.8 Å². The lowest BCUT2D eigenvalue weighted by Crippen LogP contribution is -2.29. The Morgan fingerprint density at radius 1 is 1.36 bits per heavy atom. The summed E-state index contributed by atoms with van der Waals surface area (Å²) in [6.45, 7) is -0.736. The quantitative estimate of drug-likeness (QED) is 0.771. The van der Waals surface area contributed by atoms with Crippen LogP contribution in [0, 0.1) is 0 Å². The van der Waals surface area contributed by atoms with Crippen molar-refractivity contribution < 1.29 is 18.8 Å². The van der Waals surface area contributed by atoms with Crippen molar-refractivity contribution in [2.24, 2.45) is 0 Å². The number of hydrogen-bond donors (Lipinski definition) is 2. The Morgan fingerprint density at radius 3 is 2.43 bits per heavy atom. The van der Waals surface area contributed by atoms with Gasteiger partial charge in [-0.3, -0.25) is 4.21 Å². The molecule has 1 rings (SSSR count). The van der Waals surface area contributed by atoms with Crippen LogP contribution in [0.3, 0.4) is 0 Å². The summed E-state index contributed by atoms with van der Waals surface area (Å²) in [4.78, 5) is 0.299. The Balaban J connectivity index is 2.76. The third-order valence-electron chi connectivity index (χ3n) is 1.67. The topological polar surface area (TPSA) is 57.5 Å². The molecule has 3 atom stereocenters. The van der Waals surface area contributed by atoms with Crippen LogP contribution in [0.5, 0.6) is 0 Å². The van der Waals surface area contributed by atoms with E-state index in [1.54, 1.807) is 18.2 Å². The molecule has 1 aromatic carbocycles. The van der Waals surface area contributed by atoms with Crippen molar-refractivity contribution in [2.45, 2.75) is 16.5 Å². The van der Waals surface area contributed by atoms with Crippen LogP contribution in [0.4, 0.5) is 4.39 Å². The summed E-state index contributed by atoms with van der Waals surface area (Å²) >= 11 is 0. The molecular formula is C9H11FO3S. The van der Waals surface area contributed by atoms with Crippen LogP contribution < -0.4 is 0 Å². The van der Waals surface area contributed by atoms with E-state index in [0.717, 1.165) is 0 Å². The van der Waals surface area contributed by atoms with Gasteiger partial charge in [0.1, 0.15) is 6.10 Å². The van der Waals surface area contributed by atoms with Gasteiger partial charge in [0.15, 0.2) is 0 Å². The molecule has 2 N–H and O–H groups in total. The van der Waals surface area contributed by atoms with E-state index in [9.17, 15) is 8.60 Å². The van der Waals surface area contributed by atoms with Gasteiger partial charge in [-0.25, -0.2) is 4.39 Å². The minimum absolute atomic E-state index is 0.299. The SMILES string of the molecule is O=S(c1ccccc1)[C@H](F)[C@@H](O)CO. The first-order valence-corrected chi connectivity index (χ1v) is 5.26. The first-order chi connectivity index (χ1) is 6.66. The van der Waals surface area contributed by atoms with Crippen LogP contribution in [0.1, 0.15) is 0 Å². The molecule has 5 heteroatoms. The van der Waals surface area contributed by atoms with Crippen molar-refractivity contribution in [3.05, 3.63) is 30.3 Å². The standard InChI is InChI=1S/C9H11FO3S/c10-9(8(12)6-11)14(13)7-4-2-1-3-5-7/h1-5,8-9,11-12H,6H2/t8-,9-,14?/m0/s1. The highest BCUT2D eigenvalue weighted by Crippen LogP contribution is 2.14. The summed E-state index contributed by atoms with van der Waals surface area (Å²) in [5.74, 6) is 0. The zero-order chi connectivity index (χ0) is 10.6. The molecule has 0 heterocycles. The molecule has 0 saturated heterocycles. The van der Waals surface area contributed by atoms with Gasteiger partial charge in [0, 0.05) is 4.90 Å². The van der Waals surface area contributed by atoms with E-state index >= 15 is 0 Å². The number of alkyl halides is 1. The van der Waals surface area contributed by atoms with Gasteiger partial charge in [0.05, 0.1) is 17.4 Å². The van der Waals surface area contributed by atoms with E-state index in [2.05, 4.69) is 0 Å². The number of benzene rings is 1. The third-order valence-corrected chi connectivity index (χ3v) is 3.13. The fourth-order valence-electron chi connectivity index (χ4n) is 0.910. The first-order valence-electron chi connectivity index (χ1n) is 4.05. The van der Waals surface area contributed by atoms with Crippen molar-refractivity contribution in [3.63, 3.8) is 0 Å². The largest absolute Gasteiger partial charge is 0.394 e. The molecular weight excluding hydrogens is 207 g/mol. The molecule has 0 saturated carbocycles. The molecule has 0 radical (unpaired) electrons. The molecule has 0 fully saturated rings. The average Bonchev–Trinajstić information content (AvgIpc) is 2.27. The highest BCUT2D eigenvalue weighted by molar-refractivity contribution is 7.85. The number of aliphatic hydroxyl groups excluding tert-OH is 2. The molecule has 0 amide bonds. The van der Waals surface area contributed by atoms with Gasteiger partial charge in [0.25, 0.3) is 0 Å². The van der Waals surface area contributed by atoms with Crippen molar-refractivity contribution in [2.75, 3.05) is 6.61 Å². The molecule has 3 nitrogen and oxygen atoms in total. The van der Waals surface area contributed by atoms with E-state index in [-0.39, 0.29) is 0 Å². The second kappa shape index (κ2) is 5.19. The summed E-state index contributed by atoms with van der Waals surface area (Å²) in [6, 6.07) is 7.99. The Morgan fingerprint density at radius 2 is 1.93 bits per heavy atom. The first kappa shape index (κ1) is 11.3. The molecule has 0 aliphatic rings. The maximum Gasteiger partial charge on any atom is 0.207 e. The molecule has 0 bridgehead atoms. The highest BCUT2D eigenvalue weighted by Gasteiger charge is 2.25. The van der Waals surface area contributed by atoms with Gasteiger partial charge in [-0.15, -0.1) is 0 Å². The van der Waals surface area contributed by atoms with E-state index in [1.165, 1.54) is 12.1 Å². The van der Waals surface area contributed by atoms with Crippen LogP contribution in [-0.4, -0.2) is 32.6 Å². The fourth-order valence-corrected chi connectivity index (χ4v) is 1.97. The Bertz CT molecular complexity index is 304. The second-order valence-electron chi connectivity index (χ2n) is 2.71. The maximum atomic E-state index is 13.2. The lowest BCUT2D eigenvalue weighted by molar-refractivity contribution is 0.0597. The van der Waals surface area contributed by atoms with E-state index in [1.807, 2.05) is 0 Å². The predicted octanol–water partition coefficient (Wildman–Crippen LogP) is 0.443. The smallest absolute Gasteiger partial charge is 0.207 e. The number of halogens is 1. The Hall–Kier alpha value is -0.780. The molecule has 0 aliphatic heterocycles. The van der Waals surface area contributed by atoms with Crippen LogP contribution in [0.25, 0.3) is 0 Å². The lowest BCUT2D eigenvalue weighted by Gasteiger charge is -2.12. The molecule has 0 aromatic heterocycles. The van der Waals surface area contributed by atoms with Gasteiger partial charge in [-0.05, 0) is 12.1 Å². The zero-order valence-corrected chi connectivity index (χ0v) is 8.15. The monoisotopic (exact) mass is 218 g/mol. The molecule has 0 spiro atoms. The van der Waals surface area contributed by atoms with Gasteiger partial charge in [-0.1, -0.05) is 18.2 Å². The van der Waals surface area contributed by atoms with Crippen molar-refractivity contribution in [3.8, 4) is 0 Å². The van der Waals surface area contributed by atoms with Crippen LogP contribution in [0.15, 0.2) is 35.2 Å². The molecule has 78 valence electrons. The number of rotatable bonds is 4. The van der Waals surface area contributed by atoms with E-state index in [4.69, 9.17) is 10.2 Å². The van der Waals surface area contributed by atoms with Gasteiger partial charge >= 0.3 is 0 Å². The number of hydrogen-bond acceptors (Lipinski definition) is 3. The predicted molar refractivity (Wildman–Crippen MR) is 50.8 cm³/mol. The minimum Gasteiger partial charge on any atom is -0.394 e. The Kier molecular flexibility index (Phi) is 4.19. The average molecular weight is 218 g/mol. The molecule has 1 unspecified atom stereocenters. The fraction of sp³-hybridized carbons (Fsp3) is 0.333. The van der Waals surface area contributed by atoms with Crippen molar-refractivity contribution in [1.82, 2.24) is 0 Å². The summed E-state index contributed by atoms with van der Waals surface area (Å²) < 4.78 is 24.6. The normalized spacial score (nSPS) is 17.4. The summed E-state index contributed by atoms with van der Waals surface area (Å²) in [5, 5.41) is 17.4. The lowest BCUT2D eigenvalue weighted by atomic mass is 10.4. The minimum atomic E-state index is -1.96. The van der Waals surface area contributed by atoms with Crippen molar-refractivity contribution in [1.29, 1.82) is 0 Å². The summed E-state index contributed by atoms with van der Waals surface area (Å²) in [6.07, 6.45) is -1.60. The summed E-state index contributed by atoms with van der Waals surface area (Å²) in [5.41, 5.74) is -1.96. The van der Waals surface area contributed by atoms with E-state index in [0.29, 0.717) is 4.90 Å². The zero-order valence-electron chi connectivity index (χ0n) is 7.34. The molecule has 1 aromatic rings. The Labute approximate surface area is 83.7 Å². The van der Waals surface area contributed by atoms with Gasteiger partial charge in [-0.2, -0.15) is 0 Å². The van der Waals surface area contributed by atoms with Gasteiger partial charge < -0.3 is 10.2 Å². The highest BCUT2D eigenvalue weighted by atomic mass is 32.2. The molecule has 0 aliphatic carbocycles. The third kappa shape index (κ3) is 2.60. The number of aliphatic hydroxyl groups is 2. The van der Waals surface area contributed by atoms with Crippen LogP contribution in [0.2, 0.25) is 0 Å².